The fraction of sp³-hybridized carbons (Fsp3) is 0.389. The molecule has 0 unspecified atom stereocenters. The minimum absolute atomic E-state index is 0.0948. The Kier molecular flexibility index (Phi) is 7.73. The quantitative estimate of drug-likeness (QED) is 0.489. The fourth-order valence-corrected chi connectivity index (χ4v) is 2.05. The van der Waals surface area contributed by atoms with E-state index in [1.54, 1.807) is 6.92 Å². The fourth-order valence-electron chi connectivity index (χ4n) is 2.05. The summed E-state index contributed by atoms with van der Waals surface area (Å²) in [5, 5.41) is 4.60. The van der Waals surface area contributed by atoms with Crippen LogP contribution in [0, 0.1) is 0 Å². The molecule has 2 rings (SSSR count). The molecule has 0 saturated heterocycles. The molecule has 8 nitrogen and oxygen atoms in total. The summed E-state index contributed by atoms with van der Waals surface area (Å²) < 4.78 is 39.1. The van der Waals surface area contributed by atoms with Gasteiger partial charge in [-0.05, 0) is 43.5 Å². The van der Waals surface area contributed by atoms with E-state index in [0.29, 0.717) is 5.56 Å². The number of carbonyl (C=O) groups excluding carboxylic acids is 3. The molecule has 1 aromatic rings. The molecule has 0 radical (unpaired) electrons. The van der Waals surface area contributed by atoms with Gasteiger partial charge in [0.05, 0.1) is 6.61 Å². The van der Waals surface area contributed by atoms with Gasteiger partial charge in [0.25, 0.3) is 5.91 Å². The maximum Gasteiger partial charge on any atom is 0.387 e. The zero-order valence-electron chi connectivity index (χ0n) is 15.1. The second-order valence-electron chi connectivity index (χ2n) is 5.75. The van der Waals surface area contributed by atoms with Crippen LogP contribution in [0.25, 0.3) is 6.08 Å². The van der Waals surface area contributed by atoms with Crippen LogP contribution in [0.2, 0.25) is 0 Å². The molecule has 1 fully saturated rings. The van der Waals surface area contributed by atoms with Crippen LogP contribution in [-0.4, -0.2) is 43.8 Å². The molecule has 0 bridgehead atoms. The minimum atomic E-state index is -2.99. The SMILES string of the molecule is CCOc1cc(/C=C/C(=O)OCC(=O)NC(=O)NC2CC2)ccc1OC(F)F. The Bertz CT molecular complexity index is 750. The van der Waals surface area contributed by atoms with E-state index in [2.05, 4.69) is 10.1 Å². The summed E-state index contributed by atoms with van der Waals surface area (Å²) in [5.41, 5.74) is 0.468. The van der Waals surface area contributed by atoms with Crippen LogP contribution in [0.4, 0.5) is 13.6 Å². The molecule has 1 aliphatic rings. The molecule has 0 aliphatic heterocycles. The summed E-state index contributed by atoms with van der Waals surface area (Å²) in [6.07, 6.45) is 4.16. The number of carbonyl (C=O) groups is 3. The van der Waals surface area contributed by atoms with Crippen LogP contribution in [0.3, 0.4) is 0 Å². The number of nitrogens with one attached hydrogen (secondary N) is 2. The second kappa shape index (κ2) is 10.2. The molecule has 0 spiro atoms. The highest BCUT2D eigenvalue weighted by Crippen LogP contribution is 2.30. The molecule has 3 amide bonds. The Labute approximate surface area is 159 Å². The maximum atomic E-state index is 12.4. The van der Waals surface area contributed by atoms with Gasteiger partial charge in [0.2, 0.25) is 0 Å². The lowest BCUT2D eigenvalue weighted by atomic mass is 10.2. The molecule has 1 aromatic carbocycles. The number of amides is 3. The second-order valence-corrected chi connectivity index (χ2v) is 5.75. The smallest absolute Gasteiger partial charge is 0.387 e. The molecule has 1 aliphatic carbocycles. The molecule has 1 saturated carbocycles. The lowest BCUT2D eigenvalue weighted by Gasteiger charge is -2.11. The van der Waals surface area contributed by atoms with Gasteiger partial charge in [-0.3, -0.25) is 10.1 Å². The zero-order valence-corrected chi connectivity index (χ0v) is 15.1. The van der Waals surface area contributed by atoms with Crippen molar-refractivity contribution in [1.82, 2.24) is 10.6 Å². The molecule has 0 aromatic heterocycles. The highest BCUT2D eigenvalue weighted by molar-refractivity contribution is 5.96. The van der Waals surface area contributed by atoms with Crippen LogP contribution in [0.5, 0.6) is 11.5 Å². The first-order chi connectivity index (χ1) is 13.4. The van der Waals surface area contributed by atoms with Gasteiger partial charge in [-0.1, -0.05) is 6.07 Å². The first-order valence-electron chi connectivity index (χ1n) is 8.54. The number of benzene rings is 1. The van der Waals surface area contributed by atoms with E-state index in [1.807, 2.05) is 5.32 Å². The van der Waals surface area contributed by atoms with Gasteiger partial charge < -0.3 is 19.5 Å². The average Bonchev–Trinajstić information content (AvgIpc) is 3.43. The highest BCUT2D eigenvalue weighted by Gasteiger charge is 2.24. The monoisotopic (exact) mass is 398 g/mol. The van der Waals surface area contributed by atoms with Gasteiger partial charge in [-0.25, -0.2) is 9.59 Å². The minimum Gasteiger partial charge on any atom is -0.490 e. The van der Waals surface area contributed by atoms with E-state index in [-0.39, 0.29) is 24.1 Å². The molecule has 152 valence electrons. The first-order valence-corrected chi connectivity index (χ1v) is 8.54. The number of alkyl halides is 2. The average molecular weight is 398 g/mol. The van der Waals surface area contributed by atoms with E-state index < -0.39 is 31.1 Å². The summed E-state index contributed by atoms with van der Waals surface area (Å²) >= 11 is 0. The van der Waals surface area contributed by atoms with Crippen molar-refractivity contribution in [3.8, 4) is 11.5 Å². The van der Waals surface area contributed by atoms with E-state index >= 15 is 0 Å². The van der Waals surface area contributed by atoms with Gasteiger partial charge in [0.15, 0.2) is 18.1 Å². The molecule has 10 heteroatoms. The third kappa shape index (κ3) is 7.60. The molecule has 0 heterocycles. The third-order valence-corrected chi connectivity index (χ3v) is 3.41. The van der Waals surface area contributed by atoms with Crippen LogP contribution < -0.4 is 20.1 Å². The van der Waals surface area contributed by atoms with E-state index in [4.69, 9.17) is 9.47 Å². The largest absolute Gasteiger partial charge is 0.490 e. The number of urea groups is 1. The first kappa shape index (κ1) is 21.1. The number of rotatable bonds is 9. The number of hydrogen-bond acceptors (Lipinski definition) is 6. The standard InChI is InChI=1S/C18H20F2N2O6/c1-2-26-14-9-11(3-7-13(14)28-17(19)20)4-8-16(24)27-10-15(23)22-18(25)21-12-5-6-12/h3-4,7-9,12,17H,2,5-6,10H2,1H3,(H2,21,22,23,25)/b8-4+. The third-order valence-electron chi connectivity index (χ3n) is 3.41. The Morgan fingerprint density at radius 1 is 1.25 bits per heavy atom. The van der Waals surface area contributed by atoms with Crippen molar-refractivity contribution in [2.45, 2.75) is 32.4 Å². The normalized spacial score (nSPS) is 13.3. The van der Waals surface area contributed by atoms with Gasteiger partial charge in [-0.15, -0.1) is 0 Å². The van der Waals surface area contributed by atoms with E-state index in [0.717, 1.165) is 18.9 Å². The van der Waals surface area contributed by atoms with Crippen molar-refractivity contribution in [2.75, 3.05) is 13.2 Å². The van der Waals surface area contributed by atoms with Crippen LogP contribution in [-0.2, 0) is 14.3 Å². The molecule has 28 heavy (non-hydrogen) atoms. The maximum absolute atomic E-state index is 12.4. The Balaban J connectivity index is 1.84. The van der Waals surface area contributed by atoms with Crippen LogP contribution >= 0.6 is 0 Å². The van der Waals surface area contributed by atoms with E-state index in [9.17, 15) is 23.2 Å². The highest BCUT2D eigenvalue weighted by atomic mass is 19.3. The molecular weight excluding hydrogens is 378 g/mol. The summed E-state index contributed by atoms with van der Waals surface area (Å²) in [5.74, 6) is -1.60. The Morgan fingerprint density at radius 3 is 2.64 bits per heavy atom. The number of halogens is 2. The van der Waals surface area contributed by atoms with Crippen molar-refractivity contribution in [1.29, 1.82) is 0 Å². The van der Waals surface area contributed by atoms with Crippen LogP contribution in [0.1, 0.15) is 25.3 Å². The number of ether oxygens (including phenoxy) is 3. The molecule has 2 N–H and O–H groups in total. The number of imide groups is 1. The predicted octanol–water partition coefficient (Wildman–Crippen LogP) is 2.23. The van der Waals surface area contributed by atoms with Crippen molar-refractivity contribution < 1.29 is 37.4 Å². The lowest BCUT2D eigenvalue weighted by molar-refractivity contribution is -0.143. The van der Waals surface area contributed by atoms with Gasteiger partial charge in [-0.2, -0.15) is 8.78 Å². The van der Waals surface area contributed by atoms with Crippen molar-refractivity contribution in [3.05, 3.63) is 29.8 Å². The van der Waals surface area contributed by atoms with Gasteiger partial charge >= 0.3 is 18.6 Å². The lowest BCUT2D eigenvalue weighted by Crippen LogP contribution is -2.42. The zero-order chi connectivity index (χ0) is 20.5. The summed E-state index contributed by atoms with van der Waals surface area (Å²) in [4.78, 5) is 34.6. The van der Waals surface area contributed by atoms with E-state index in [1.165, 1.54) is 24.3 Å². The number of hydrogen-bond donors (Lipinski definition) is 2. The topological polar surface area (TPSA) is 103 Å². The molecular formula is C18H20F2N2O6. The molecule has 0 atom stereocenters. The summed E-state index contributed by atoms with van der Waals surface area (Å²) in [7, 11) is 0. The van der Waals surface area contributed by atoms with Gasteiger partial charge in [0, 0.05) is 12.1 Å². The predicted molar refractivity (Wildman–Crippen MR) is 93.9 cm³/mol. The van der Waals surface area contributed by atoms with Crippen LogP contribution in [0.15, 0.2) is 24.3 Å². The summed E-state index contributed by atoms with van der Waals surface area (Å²) in [6, 6.07) is 3.61. The Hall–Kier alpha value is -3.17. The van der Waals surface area contributed by atoms with Crippen molar-refractivity contribution in [3.63, 3.8) is 0 Å². The van der Waals surface area contributed by atoms with Crippen molar-refractivity contribution >= 4 is 24.0 Å². The van der Waals surface area contributed by atoms with Crippen molar-refractivity contribution in [2.24, 2.45) is 0 Å². The number of esters is 1. The summed E-state index contributed by atoms with van der Waals surface area (Å²) in [6.45, 7) is -1.69. The Morgan fingerprint density at radius 2 is 2.00 bits per heavy atom. The van der Waals surface area contributed by atoms with Gasteiger partial charge in [0.1, 0.15) is 0 Å².